The molecule has 2 rings (SSSR count). The minimum absolute atomic E-state index is 0.119. The zero-order valence-corrected chi connectivity index (χ0v) is 13.7. The lowest BCUT2D eigenvalue weighted by atomic mass is 10.1. The molecule has 1 amide bonds. The molecule has 0 saturated carbocycles. The number of ether oxygens (including phenoxy) is 2. The number of nitro groups is 1. The number of hydrogen-bond acceptors (Lipinski definition) is 8. The van der Waals surface area contributed by atoms with E-state index in [0.717, 1.165) is 0 Å². The lowest BCUT2D eigenvalue weighted by molar-refractivity contribution is -0.385. The topological polar surface area (TPSA) is 130 Å². The number of carbonyl (C=O) groups is 1. The molecule has 24 heavy (non-hydrogen) atoms. The highest BCUT2D eigenvalue weighted by Gasteiger charge is 2.24. The van der Waals surface area contributed by atoms with Gasteiger partial charge in [0.15, 0.2) is 11.5 Å². The van der Waals surface area contributed by atoms with Gasteiger partial charge in [0, 0.05) is 24.5 Å². The molecular formula is C14H16N4O5S. The monoisotopic (exact) mass is 352 g/mol. The van der Waals surface area contributed by atoms with Crippen LogP contribution in [0.15, 0.2) is 23.0 Å². The molecule has 10 heteroatoms. The van der Waals surface area contributed by atoms with E-state index in [-0.39, 0.29) is 42.4 Å². The standard InChI is InChI=1S/C14H16N4O5S/c1-22-12-4-10(14(19)16-3-2-15)11(18(20)21)5-13(12)23-6-9-7-24-8-17-9/h4-5,7-8H,2-3,6,15H2,1H3,(H,16,19). The number of amides is 1. The van der Waals surface area contributed by atoms with Crippen LogP contribution in [0.3, 0.4) is 0 Å². The highest BCUT2D eigenvalue weighted by Crippen LogP contribution is 2.35. The van der Waals surface area contributed by atoms with Gasteiger partial charge in [0.25, 0.3) is 11.6 Å². The second-order valence-electron chi connectivity index (χ2n) is 4.59. The Morgan fingerprint density at radius 2 is 2.25 bits per heavy atom. The summed E-state index contributed by atoms with van der Waals surface area (Å²) in [7, 11) is 1.39. The number of methoxy groups -OCH3 is 1. The zero-order valence-electron chi connectivity index (χ0n) is 12.9. The molecule has 0 spiro atoms. The van der Waals surface area contributed by atoms with Crippen molar-refractivity contribution in [1.82, 2.24) is 10.3 Å². The zero-order chi connectivity index (χ0) is 17.5. The van der Waals surface area contributed by atoms with Crippen LogP contribution in [0.1, 0.15) is 16.1 Å². The Hall–Kier alpha value is -2.72. The van der Waals surface area contributed by atoms with Crippen LogP contribution in [0, 0.1) is 10.1 Å². The van der Waals surface area contributed by atoms with Gasteiger partial charge in [-0.15, -0.1) is 11.3 Å². The fraction of sp³-hybridized carbons (Fsp3) is 0.286. The molecule has 0 aliphatic carbocycles. The third-order valence-corrected chi connectivity index (χ3v) is 3.65. The molecule has 3 N–H and O–H groups in total. The highest BCUT2D eigenvalue weighted by molar-refractivity contribution is 7.07. The van der Waals surface area contributed by atoms with Gasteiger partial charge in [-0.25, -0.2) is 4.98 Å². The van der Waals surface area contributed by atoms with Gasteiger partial charge >= 0.3 is 0 Å². The quantitative estimate of drug-likeness (QED) is 0.541. The summed E-state index contributed by atoms with van der Waals surface area (Å²) in [5.74, 6) is -0.224. The third kappa shape index (κ3) is 4.18. The van der Waals surface area contributed by atoms with Gasteiger partial charge < -0.3 is 20.5 Å². The van der Waals surface area contributed by atoms with Crippen LogP contribution in [-0.2, 0) is 6.61 Å². The highest BCUT2D eigenvalue weighted by atomic mass is 32.1. The van der Waals surface area contributed by atoms with E-state index in [1.165, 1.54) is 30.6 Å². The predicted octanol–water partition coefficient (Wildman–Crippen LogP) is 1.33. The Bertz CT molecular complexity index is 720. The number of rotatable bonds is 8. The largest absolute Gasteiger partial charge is 0.493 e. The molecule has 0 atom stereocenters. The minimum atomic E-state index is -0.646. The van der Waals surface area contributed by atoms with Gasteiger partial charge in [0.05, 0.1) is 29.3 Å². The third-order valence-electron chi connectivity index (χ3n) is 3.01. The molecule has 0 bridgehead atoms. The summed E-state index contributed by atoms with van der Waals surface area (Å²) in [6.07, 6.45) is 0. The molecule has 0 aliphatic rings. The lowest BCUT2D eigenvalue weighted by Gasteiger charge is -2.12. The molecule has 2 aromatic rings. The number of carbonyl (C=O) groups excluding carboxylic acids is 1. The number of hydrogen-bond donors (Lipinski definition) is 2. The summed E-state index contributed by atoms with van der Waals surface area (Å²) in [5.41, 5.74) is 7.17. The molecule has 0 radical (unpaired) electrons. The maximum Gasteiger partial charge on any atom is 0.286 e. The van der Waals surface area contributed by atoms with Gasteiger partial charge in [0.1, 0.15) is 12.2 Å². The van der Waals surface area contributed by atoms with Crippen LogP contribution in [-0.4, -0.2) is 36.0 Å². The molecule has 1 aromatic heterocycles. The van der Waals surface area contributed by atoms with Crippen molar-refractivity contribution < 1.29 is 19.2 Å². The average Bonchev–Trinajstić information content (AvgIpc) is 3.10. The molecule has 1 aromatic carbocycles. The first kappa shape index (κ1) is 17.6. The van der Waals surface area contributed by atoms with Crippen molar-refractivity contribution in [2.75, 3.05) is 20.2 Å². The van der Waals surface area contributed by atoms with Crippen molar-refractivity contribution >= 4 is 22.9 Å². The van der Waals surface area contributed by atoms with E-state index in [0.29, 0.717) is 5.69 Å². The molecular weight excluding hydrogens is 336 g/mol. The van der Waals surface area contributed by atoms with Crippen molar-refractivity contribution in [2.24, 2.45) is 5.73 Å². The fourth-order valence-corrected chi connectivity index (χ4v) is 2.44. The number of thiazole rings is 1. The number of nitrogens with one attached hydrogen (secondary N) is 1. The van der Waals surface area contributed by atoms with E-state index in [9.17, 15) is 14.9 Å². The number of nitro benzene ring substituents is 1. The second-order valence-corrected chi connectivity index (χ2v) is 5.31. The normalized spacial score (nSPS) is 10.2. The van der Waals surface area contributed by atoms with Crippen LogP contribution >= 0.6 is 11.3 Å². The van der Waals surface area contributed by atoms with Crippen LogP contribution in [0.25, 0.3) is 0 Å². The molecule has 0 fully saturated rings. The fourth-order valence-electron chi connectivity index (χ4n) is 1.90. The predicted molar refractivity (Wildman–Crippen MR) is 87.5 cm³/mol. The number of nitrogens with two attached hydrogens (primary N) is 1. The van der Waals surface area contributed by atoms with Gasteiger partial charge in [-0.05, 0) is 0 Å². The number of nitrogens with zero attached hydrogens (tertiary/aromatic N) is 2. The number of aromatic nitrogens is 1. The summed E-state index contributed by atoms with van der Waals surface area (Å²) < 4.78 is 10.7. The van der Waals surface area contributed by atoms with Crippen molar-refractivity contribution in [3.05, 3.63) is 44.4 Å². The number of benzene rings is 1. The molecule has 0 aliphatic heterocycles. The molecule has 9 nitrogen and oxygen atoms in total. The van der Waals surface area contributed by atoms with E-state index in [2.05, 4.69) is 10.3 Å². The van der Waals surface area contributed by atoms with E-state index >= 15 is 0 Å². The lowest BCUT2D eigenvalue weighted by Crippen LogP contribution is -2.29. The van der Waals surface area contributed by atoms with Gasteiger partial charge in [-0.2, -0.15) is 0 Å². The first-order chi connectivity index (χ1) is 11.6. The van der Waals surface area contributed by atoms with Crippen LogP contribution < -0.4 is 20.5 Å². The Balaban J connectivity index is 2.32. The van der Waals surface area contributed by atoms with E-state index in [1.807, 2.05) is 0 Å². The minimum Gasteiger partial charge on any atom is -0.493 e. The molecule has 0 unspecified atom stereocenters. The first-order valence-corrected chi connectivity index (χ1v) is 7.85. The molecule has 0 saturated heterocycles. The maximum atomic E-state index is 12.1. The van der Waals surface area contributed by atoms with Crippen LogP contribution in [0.4, 0.5) is 5.69 Å². The van der Waals surface area contributed by atoms with Crippen molar-refractivity contribution in [1.29, 1.82) is 0 Å². The average molecular weight is 352 g/mol. The van der Waals surface area contributed by atoms with Crippen LogP contribution in [0.5, 0.6) is 11.5 Å². The molecule has 128 valence electrons. The summed E-state index contributed by atoms with van der Waals surface area (Å²) >= 11 is 1.41. The summed E-state index contributed by atoms with van der Waals surface area (Å²) in [6.45, 7) is 0.571. The summed E-state index contributed by atoms with van der Waals surface area (Å²) in [4.78, 5) is 26.8. The smallest absolute Gasteiger partial charge is 0.286 e. The Morgan fingerprint density at radius 1 is 1.46 bits per heavy atom. The van der Waals surface area contributed by atoms with E-state index in [1.54, 1.807) is 10.9 Å². The summed E-state index contributed by atoms with van der Waals surface area (Å²) in [6, 6.07) is 2.45. The van der Waals surface area contributed by atoms with Gasteiger partial charge in [-0.1, -0.05) is 0 Å². The summed E-state index contributed by atoms with van der Waals surface area (Å²) in [5, 5.41) is 15.6. The van der Waals surface area contributed by atoms with Crippen molar-refractivity contribution in [3.8, 4) is 11.5 Å². The van der Waals surface area contributed by atoms with Gasteiger partial charge in [0.2, 0.25) is 0 Å². The van der Waals surface area contributed by atoms with Crippen molar-refractivity contribution in [3.63, 3.8) is 0 Å². The van der Waals surface area contributed by atoms with Crippen LogP contribution in [0.2, 0.25) is 0 Å². The maximum absolute atomic E-state index is 12.1. The Morgan fingerprint density at radius 3 is 2.83 bits per heavy atom. The van der Waals surface area contributed by atoms with E-state index < -0.39 is 10.8 Å². The Labute approximate surface area is 141 Å². The van der Waals surface area contributed by atoms with Crippen molar-refractivity contribution in [2.45, 2.75) is 6.61 Å². The van der Waals surface area contributed by atoms with E-state index in [4.69, 9.17) is 15.2 Å². The van der Waals surface area contributed by atoms with Gasteiger partial charge in [-0.3, -0.25) is 14.9 Å². The Kier molecular flexibility index (Phi) is 6.04. The molecule has 1 heterocycles. The SMILES string of the molecule is COc1cc(C(=O)NCCN)c([N+](=O)[O-])cc1OCc1cscn1. The first-order valence-electron chi connectivity index (χ1n) is 6.91. The second kappa shape index (κ2) is 8.22.